The highest BCUT2D eigenvalue weighted by Crippen LogP contribution is 2.25. The van der Waals surface area contributed by atoms with Crippen molar-refractivity contribution in [1.29, 1.82) is 0 Å². The molecule has 0 saturated carbocycles. The van der Waals surface area contributed by atoms with Gasteiger partial charge in [0.25, 0.3) is 5.91 Å². The molecule has 0 fully saturated rings. The topological polar surface area (TPSA) is 25.2 Å². The molecule has 1 aromatic heterocycles. The molecule has 2 rings (SSSR count). The Bertz CT molecular complexity index is 454. The van der Waals surface area contributed by atoms with Crippen molar-refractivity contribution in [2.75, 3.05) is 13.6 Å². The molecule has 2 heterocycles. The number of carbonyl (C=O) groups excluding carboxylic acids is 1. The fraction of sp³-hybridized carbons (Fsp3) is 0.615. The highest BCUT2D eigenvalue weighted by Gasteiger charge is 2.27. The highest BCUT2D eigenvalue weighted by molar-refractivity contribution is 5.93. The number of hydrogen-bond acceptors (Lipinski definition) is 1. The molecule has 1 aromatic rings. The van der Waals surface area contributed by atoms with Crippen LogP contribution in [0.15, 0.2) is 12.3 Å². The van der Waals surface area contributed by atoms with Crippen LogP contribution in [0.4, 0.5) is 8.78 Å². The van der Waals surface area contributed by atoms with E-state index in [4.69, 9.17) is 0 Å². The lowest BCUT2D eigenvalue weighted by atomic mass is 10.1. The molecule has 1 amide bonds. The number of hydrogen-bond donors (Lipinski definition) is 0. The number of amides is 1. The van der Waals surface area contributed by atoms with Crippen molar-refractivity contribution in [3.05, 3.63) is 23.5 Å². The van der Waals surface area contributed by atoms with Crippen LogP contribution in [0.25, 0.3) is 0 Å². The average molecular weight is 256 g/mol. The van der Waals surface area contributed by atoms with Gasteiger partial charge in [-0.1, -0.05) is 6.92 Å². The first-order chi connectivity index (χ1) is 8.43. The molecule has 0 aliphatic carbocycles. The Morgan fingerprint density at radius 2 is 2.11 bits per heavy atom. The van der Waals surface area contributed by atoms with Gasteiger partial charge in [-0.3, -0.25) is 4.79 Å². The van der Waals surface area contributed by atoms with Crippen LogP contribution in [-0.2, 0) is 13.0 Å². The van der Waals surface area contributed by atoms with Gasteiger partial charge in [-0.2, -0.15) is 0 Å². The summed E-state index contributed by atoms with van der Waals surface area (Å²) in [6.45, 7) is 2.90. The molecule has 3 nitrogen and oxygen atoms in total. The van der Waals surface area contributed by atoms with Crippen molar-refractivity contribution in [3.8, 4) is 0 Å². The molecular formula is C13H18F2N2O. The number of likely N-dealkylation sites (N-methyl/N-ethyl adjacent to an activating group) is 1. The largest absolute Gasteiger partial charge is 0.341 e. The van der Waals surface area contributed by atoms with Crippen LogP contribution in [-0.4, -0.2) is 34.9 Å². The van der Waals surface area contributed by atoms with E-state index in [0.29, 0.717) is 18.7 Å². The Hall–Kier alpha value is -1.39. The van der Waals surface area contributed by atoms with Crippen LogP contribution in [0.2, 0.25) is 0 Å². The molecule has 0 bridgehead atoms. The van der Waals surface area contributed by atoms with Gasteiger partial charge in [-0.05, 0) is 18.1 Å². The fourth-order valence-corrected chi connectivity index (χ4v) is 2.13. The van der Waals surface area contributed by atoms with E-state index in [9.17, 15) is 13.6 Å². The van der Waals surface area contributed by atoms with Crippen molar-refractivity contribution in [3.63, 3.8) is 0 Å². The average Bonchev–Trinajstić information content (AvgIpc) is 2.76. The van der Waals surface area contributed by atoms with E-state index >= 15 is 0 Å². The standard InChI is InChI=1S/C13H18F2N2O/c1-3-13(14,15)5-4-10-8-11-12(18)16(2)6-7-17(11)9-10/h8-9H,3-7H2,1-2H3. The third-order valence-electron chi connectivity index (χ3n) is 3.49. The molecule has 0 N–H and O–H groups in total. The SMILES string of the molecule is CCC(F)(F)CCc1cc2n(c1)CCN(C)C2=O. The number of rotatable bonds is 4. The van der Waals surface area contributed by atoms with E-state index < -0.39 is 5.92 Å². The summed E-state index contributed by atoms with van der Waals surface area (Å²) in [5.41, 5.74) is 1.43. The van der Waals surface area contributed by atoms with Crippen LogP contribution < -0.4 is 0 Å². The molecule has 5 heteroatoms. The Morgan fingerprint density at radius 3 is 2.78 bits per heavy atom. The van der Waals surface area contributed by atoms with Gasteiger partial charge in [0.15, 0.2) is 0 Å². The summed E-state index contributed by atoms with van der Waals surface area (Å²) in [5, 5.41) is 0. The Balaban J connectivity index is 2.09. The first-order valence-electron chi connectivity index (χ1n) is 6.25. The van der Waals surface area contributed by atoms with Crippen molar-refractivity contribution in [2.24, 2.45) is 0 Å². The van der Waals surface area contributed by atoms with Crippen molar-refractivity contribution < 1.29 is 13.6 Å². The number of nitrogens with zero attached hydrogens (tertiary/aromatic N) is 2. The van der Waals surface area contributed by atoms with Gasteiger partial charge in [0.1, 0.15) is 5.69 Å². The smallest absolute Gasteiger partial charge is 0.270 e. The van der Waals surface area contributed by atoms with Crippen molar-refractivity contribution in [1.82, 2.24) is 9.47 Å². The predicted molar refractivity (Wildman–Crippen MR) is 65.0 cm³/mol. The van der Waals surface area contributed by atoms with E-state index in [0.717, 1.165) is 12.1 Å². The van der Waals surface area contributed by atoms with Crippen LogP contribution in [0.1, 0.15) is 35.8 Å². The minimum atomic E-state index is -2.61. The zero-order valence-electron chi connectivity index (χ0n) is 10.7. The molecule has 18 heavy (non-hydrogen) atoms. The molecule has 1 aliphatic heterocycles. The quantitative estimate of drug-likeness (QED) is 0.812. The van der Waals surface area contributed by atoms with Crippen LogP contribution in [0.5, 0.6) is 0 Å². The van der Waals surface area contributed by atoms with Gasteiger partial charge in [-0.15, -0.1) is 0 Å². The number of aryl methyl sites for hydroxylation is 1. The second kappa shape index (κ2) is 4.71. The summed E-state index contributed by atoms with van der Waals surface area (Å²) < 4.78 is 28.2. The van der Waals surface area contributed by atoms with Gasteiger partial charge >= 0.3 is 0 Å². The molecule has 0 unspecified atom stereocenters. The van der Waals surface area contributed by atoms with E-state index in [1.807, 2.05) is 10.8 Å². The molecule has 0 atom stereocenters. The van der Waals surface area contributed by atoms with Gasteiger partial charge in [-0.25, -0.2) is 8.78 Å². The number of alkyl halides is 2. The molecule has 0 radical (unpaired) electrons. The first-order valence-corrected chi connectivity index (χ1v) is 6.25. The molecular weight excluding hydrogens is 238 g/mol. The normalized spacial score (nSPS) is 16.0. The third-order valence-corrected chi connectivity index (χ3v) is 3.49. The maximum absolute atomic E-state index is 13.2. The van der Waals surface area contributed by atoms with Crippen LogP contribution >= 0.6 is 0 Å². The third kappa shape index (κ3) is 2.54. The second-order valence-electron chi connectivity index (χ2n) is 4.86. The van der Waals surface area contributed by atoms with Gasteiger partial charge in [0, 0.05) is 39.2 Å². The minimum Gasteiger partial charge on any atom is -0.341 e. The number of halogens is 2. The second-order valence-corrected chi connectivity index (χ2v) is 4.86. The lowest BCUT2D eigenvalue weighted by Crippen LogP contribution is -2.36. The van der Waals surface area contributed by atoms with Crippen LogP contribution in [0.3, 0.4) is 0 Å². The summed E-state index contributed by atoms with van der Waals surface area (Å²) in [6.07, 6.45) is 1.85. The number of aromatic nitrogens is 1. The van der Waals surface area contributed by atoms with Crippen molar-refractivity contribution >= 4 is 5.91 Å². The maximum Gasteiger partial charge on any atom is 0.270 e. The van der Waals surface area contributed by atoms with E-state index in [2.05, 4.69) is 0 Å². The monoisotopic (exact) mass is 256 g/mol. The zero-order valence-corrected chi connectivity index (χ0v) is 10.7. The lowest BCUT2D eigenvalue weighted by Gasteiger charge is -2.24. The van der Waals surface area contributed by atoms with Gasteiger partial charge in [0.05, 0.1) is 0 Å². The number of carbonyl (C=O) groups is 1. The van der Waals surface area contributed by atoms with E-state index in [-0.39, 0.29) is 18.7 Å². The summed E-state index contributed by atoms with van der Waals surface area (Å²) in [6, 6.07) is 1.74. The summed E-state index contributed by atoms with van der Waals surface area (Å²) in [7, 11) is 1.75. The van der Waals surface area contributed by atoms with Gasteiger partial charge in [0.2, 0.25) is 5.92 Å². The summed E-state index contributed by atoms with van der Waals surface area (Å²) in [4.78, 5) is 13.5. The van der Waals surface area contributed by atoms with E-state index in [1.165, 1.54) is 6.92 Å². The first kappa shape index (κ1) is 13.1. The molecule has 1 aliphatic rings. The zero-order chi connectivity index (χ0) is 13.3. The molecule has 0 spiro atoms. The maximum atomic E-state index is 13.2. The van der Waals surface area contributed by atoms with Crippen molar-refractivity contribution in [2.45, 2.75) is 38.7 Å². The lowest BCUT2D eigenvalue weighted by molar-refractivity contribution is -0.0110. The highest BCUT2D eigenvalue weighted by atomic mass is 19.3. The summed E-state index contributed by atoms with van der Waals surface area (Å²) >= 11 is 0. The summed E-state index contributed by atoms with van der Waals surface area (Å²) in [5.74, 6) is -2.64. The van der Waals surface area contributed by atoms with Crippen LogP contribution in [0, 0.1) is 0 Å². The Kier molecular flexibility index (Phi) is 3.41. The van der Waals surface area contributed by atoms with Gasteiger partial charge < -0.3 is 9.47 Å². The Morgan fingerprint density at radius 1 is 1.39 bits per heavy atom. The predicted octanol–water partition coefficient (Wildman–Crippen LogP) is 2.55. The minimum absolute atomic E-state index is 0.0326. The fourth-order valence-electron chi connectivity index (χ4n) is 2.13. The Labute approximate surface area is 105 Å². The number of fused-ring (bicyclic) bond motifs is 1. The molecule has 0 aromatic carbocycles. The van der Waals surface area contributed by atoms with E-state index in [1.54, 1.807) is 18.0 Å². The molecule has 0 saturated heterocycles. The molecule has 100 valence electrons.